The van der Waals surface area contributed by atoms with Gasteiger partial charge >= 0.3 is 0 Å². The van der Waals surface area contributed by atoms with Gasteiger partial charge in [0.2, 0.25) is 0 Å². The van der Waals surface area contributed by atoms with Crippen LogP contribution in [0, 0.1) is 0 Å². The van der Waals surface area contributed by atoms with Gasteiger partial charge in [-0.15, -0.1) is 0 Å². The lowest BCUT2D eigenvalue weighted by Crippen LogP contribution is -2.19. The molecule has 1 N–H and O–H groups in total. The highest BCUT2D eigenvalue weighted by molar-refractivity contribution is 7.99. The zero-order chi connectivity index (χ0) is 14.7. The Bertz CT molecular complexity index is 589. The zero-order valence-corrected chi connectivity index (χ0v) is 13.5. The number of hydrogen-bond donors (Lipinski definition) is 1. The van der Waals surface area contributed by atoms with Gasteiger partial charge in [0.05, 0.1) is 17.1 Å². The molecule has 0 spiro atoms. The van der Waals surface area contributed by atoms with E-state index in [4.69, 9.17) is 0 Å². The molecule has 1 heterocycles. The lowest BCUT2D eigenvalue weighted by atomic mass is 10.0. The number of para-hydroxylation sites is 2. The second kappa shape index (κ2) is 6.84. The number of fused-ring (bicyclic) bond motifs is 1. The molecule has 1 aliphatic rings. The molecule has 1 aromatic heterocycles. The Morgan fingerprint density at radius 2 is 2.05 bits per heavy atom. The Hall–Kier alpha value is -1.00. The predicted molar refractivity (Wildman–Crippen MR) is 89.8 cm³/mol. The van der Waals surface area contributed by atoms with Crippen LogP contribution in [0.2, 0.25) is 0 Å². The van der Waals surface area contributed by atoms with Crippen molar-refractivity contribution in [3.05, 3.63) is 30.1 Å². The van der Waals surface area contributed by atoms with Crippen LogP contribution in [0.4, 0.5) is 0 Å². The van der Waals surface area contributed by atoms with Crippen molar-refractivity contribution < 1.29 is 5.11 Å². The maximum absolute atomic E-state index is 10.3. The second-order valence-corrected chi connectivity index (χ2v) is 7.36. The first kappa shape index (κ1) is 14.9. The molecule has 0 aliphatic heterocycles. The van der Waals surface area contributed by atoms with Crippen LogP contribution in [0.15, 0.2) is 24.3 Å². The van der Waals surface area contributed by atoms with E-state index in [0.29, 0.717) is 6.42 Å². The van der Waals surface area contributed by atoms with Crippen molar-refractivity contribution in [1.82, 2.24) is 9.55 Å². The van der Waals surface area contributed by atoms with E-state index < -0.39 is 0 Å². The third-order valence-corrected chi connectivity index (χ3v) is 5.89. The van der Waals surface area contributed by atoms with E-state index in [-0.39, 0.29) is 6.10 Å². The molecule has 1 fully saturated rings. The number of benzene rings is 1. The second-order valence-electron chi connectivity index (χ2n) is 6.03. The Morgan fingerprint density at radius 3 is 2.81 bits per heavy atom. The lowest BCUT2D eigenvalue weighted by molar-refractivity contribution is 0.196. The standard InChI is InChI=1S/C17H24N2OS/c1-19-16-10-6-5-9-15(16)18-17(19)11-13(20)12-21-14-7-3-2-4-8-14/h5-6,9-10,13-14,20H,2-4,7-8,11-12H2,1H3. The maximum Gasteiger partial charge on any atom is 0.112 e. The van der Waals surface area contributed by atoms with Crippen molar-refractivity contribution in [3.8, 4) is 0 Å². The molecule has 3 nitrogen and oxygen atoms in total. The van der Waals surface area contributed by atoms with Crippen molar-refractivity contribution in [2.24, 2.45) is 7.05 Å². The number of aromatic nitrogens is 2. The van der Waals surface area contributed by atoms with E-state index in [1.54, 1.807) is 0 Å². The summed E-state index contributed by atoms with van der Waals surface area (Å²) in [5.74, 6) is 1.81. The van der Waals surface area contributed by atoms with Crippen molar-refractivity contribution in [3.63, 3.8) is 0 Å². The molecule has 0 bridgehead atoms. The smallest absolute Gasteiger partial charge is 0.112 e. The summed E-state index contributed by atoms with van der Waals surface area (Å²) in [6.07, 6.45) is 7.10. The fourth-order valence-electron chi connectivity index (χ4n) is 3.13. The lowest BCUT2D eigenvalue weighted by Gasteiger charge is -2.22. The van der Waals surface area contributed by atoms with Gasteiger partial charge in [-0.2, -0.15) is 11.8 Å². The molecule has 2 aromatic rings. The number of hydrogen-bond acceptors (Lipinski definition) is 3. The minimum Gasteiger partial charge on any atom is -0.392 e. The Kier molecular flexibility index (Phi) is 4.86. The first-order chi connectivity index (χ1) is 10.2. The maximum atomic E-state index is 10.3. The number of nitrogens with zero attached hydrogens (tertiary/aromatic N) is 2. The molecule has 0 radical (unpaired) electrons. The monoisotopic (exact) mass is 304 g/mol. The van der Waals surface area contributed by atoms with Crippen LogP contribution in [0.3, 0.4) is 0 Å². The summed E-state index contributed by atoms with van der Waals surface area (Å²) in [5, 5.41) is 11.1. The quantitative estimate of drug-likeness (QED) is 0.918. The minimum absolute atomic E-state index is 0.299. The zero-order valence-electron chi connectivity index (χ0n) is 12.7. The van der Waals surface area contributed by atoms with Crippen LogP contribution in [-0.2, 0) is 13.5 Å². The average Bonchev–Trinajstić information content (AvgIpc) is 2.83. The summed E-state index contributed by atoms with van der Waals surface area (Å²) in [6, 6.07) is 8.15. The summed E-state index contributed by atoms with van der Waals surface area (Å²) in [7, 11) is 2.03. The Morgan fingerprint density at radius 1 is 1.29 bits per heavy atom. The number of aliphatic hydroxyl groups excluding tert-OH is 1. The largest absolute Gasteiger partial charge is 0.392 e. The van der Waals surface area contributed by atoms with Crippen molar-refractivity contribution in [2.45, 2.75) is 49.9 Å². The van der Waals surface area contributed by atoms with Crippen molar-refractivity contribution >= 4 is 22.8 Å². The fraction of sp³-hybridized carbons (Fsp3) is 0.588. The number of rotatable bonds is 5. The highest BCUT2D eigenvalue weighted by Crippen LogP contribution is 2.29. The topological polar surface area (TPSA) is 38.0 Å². The van der Waals surface area contributed by atoms with Crippen LogP contribution >= 0.6 is 11.8 Å². The van der Waals surface area contributed by atoms with Crippen LogP contribution in [0.25, 0.3) is 11.0 Å². The molecule has 1 unspecified atom stereocenters. The van der Waals surface area contributed by atoms with Crippen molar-refractivity contribution in [1.29, 1.82) is 0 Å². The van der Waals surface area contributed by atoms with Crippen molar-refractivity contribution in [2.75, 3.05) is 5.75 Å². The highest BCUT2D eigenvalue weighted by atomic mass is 32.2. The van der Waals surface area contributed by atoms with E-state index >= 15 is 0 Å². The van der Waals surface area contributed by atoms with Gasteiger partial charge in [-0.25, -0.2) is 4.98 Å². The van der Waals surface area contributed by atoms with Gasteiger partial charge in [0, 0.05) is 24.5 Å². The molecular weight excluding hydrogens is 280 g/mol. The molecule has 114 valence electrons. The normalized spacial score (nSPS) is 18.2. The van der Waals surface area contributed by atoms with Gasteiger partial charge in [-0.05, 0) is 25.0 Å². The van der Waals surface area contributed by atoms with Gasteiger partial charge in [0.25, 0.3) is 0 Å². The molecular formula is C17H24N2OS. The van der Waals surface area contributed by atoms with Crippen LogP contribution in [0.1, 0.15) is 37.9 Å². The molecule has 4 heteroatoms. The first-order valence-electron chi connectivity index (χ1n) is 7.94. The first-order valence-corrected chi connectivity index (χ1v) is 8.99. The summed E-state index contributed by atoms with van der Waals surface area (Å²) in [4.78, 5) is 4.64. The molecule has 1 saturated carbocycles. The Balaban J connectivity index is 1.58. The van der Waals surface area contributed by atoms with E-state index in [9.17, 15) is 5.11 Å². The van der Waals surface area contributed by atoms with Gasteiger partial charge in [-0.1, -0.05) is 31.4 Å². The molecule has 1 aromatic carbocycles. The SMILES string of the molecule is Cn1c(CC(O)CSC2CCCCC2)nc2ccccc21. The summed E-state index contributed by atoms with van der Waals surface area (Å²) in [6.45, 7) is 0. The van der Waals surface area contributed by atoms with E-state index in [1.807, 2.05) is 37.0 Å². The minimum atomic E-state index is -0.299. The number of thioether (sulfide) groups is 1. The number of imidazole rings is 1. The molecule has 0 amide bonds. The molecule has 3 rings (SSSR count). The average molecular weight is 304 g/mol. The summed E-state index contributed by atoms with van der Waals surface area (Å²) in [5.41, 5.74) is 2.15. The number of aryl methyl sites for hydroxylation is 1. The van der Waals surface area contributed by atoms with Gasteiger partial charge < -0.3 is 9.67 Å². The predicted octanol–water partition coefficient (Wildman–Crippen LogP) is 3.54. The highest BCUT2D eigenvalue weighted by Gasteiger charge is 2.17. The fourth-order valence-corrected chi connectivity index (χ4v) is 4.41. The van der Waals surface area contributed by atoms with E-state index in [2.05, 4.69) is 15.6 Å². The molecule has 1 aliphatic carbocycles. The third-order valence-electron chi connectivity index (χ3n) is 4.37. The van der Waals surface area contributed by atoms with Gasteiger partial charge in [0.15, 0.2) is 0 Å². The summed E-state index contributed by atoms with van der Waals surface area (Å²) >= 11 is 1.95. The van der Waals surface area contributed by atoms with Crippen LogP contribution < -0.4 is 0 Å². The molecule has 1 atom stereocenters. The molecule has 0 saturated heterocycles. The molecule has 21 heavy (non-hydrogen) atoms. The van der Waals surface area contributed by atoms with Gasteiger partial charge in [-0.3, -0.25) is 0 Å². The van der Waals surface area contributed by atoms with E-state index in [0.717, 1.165) is 27.9 Å². The third kappa shape index (κ3) is 3.61. The summed E-state index contributed by atoms with van der Waals surface area (Å²) < 4.78 is 2.10. The van der Waals surface area contributed by atoms with Crippen LogP contribution in [-0.4, -0.2) is 31.8 Å². The number of aliphatic hydroxyl groups is 1. The van der Waals surface area contributed by atoms with Crippen LogP contribution in [0.5, 0.6) is 0 Å². The Labute approximate surface area is 130 Å². The van der Waals surface area contributed by atoms with Gasteiger partial charge in [0.1, 0.15) is 5.82 Å². The van der Waals surface area contributed by atoms with E-state index in [1.165, 1.54) is 32.1 Å².